The molecule has 2 aromatic carbocycles. The summed E-state index contributed by atoms with van der Waals surface area (Å²) in [7, 11) is 0. The lowest BCUT2D eigenvalue weighted by Gasteiger charge is -2.17. The summed E-state index contributed by atoms with van der Waals surface area (Å²) >= 11 is 0. The summed E-state index contributed by atoms with van der Waals surface area (Å²) in [6, 6.07) is 11.0. The zero-order chi connectivity index (χ0) is 20.1. The van der Waals surface area contributed by atoms with Gasteiger partial charge in [-0.3, -0.25) is 4.79 Å². The van der Waals surface area contributed by atoms with Gasteiger partial charge in [0.1, 0.15) is 5.52 Å². The highest BCUT2D eigenvalue weighted by Gasteiger charge is 2.15. The third kappa shape index (κ3) is 4.08. The van der Waals surface area contributed by atoms with Crippen LogP contribution in [0.15, 0.2) is 36.4 Å². The van der Waals surface area contributed by atoms with Crippen LogP contribution in [0.3, 0.4) is 0 Å². The highest BCUT2D eigenvalue weighted by Crippen LogP contribution is 2.30. The Hall–Kier alpha value is -3.09. The van der Waals surface area contributed by atoms with Crippen LogP contribution in [-0.2, 0) is 6.54 Å². The van der Waals surface area contributed by atoms with Crippen LogP contribution in [0.2, 0.25) is 0 Å². The maximum Gasteiger partial charge on any atom is 0.251 e. The van der Waals surface area contributed by atoms with Gasteiger partial charge < -0.3 is 14.8 Å². The van der Waals surface area contributed by atoms with Crippen molar-refractivity contribution in [3.63, 3.8) is 0 Å². The number of hydrogen-bond donors (Lipinski definition) is 1. The number of nitrogens with zero attached hydrogens (tertiary/aromatic N) is 3. The van der Waals surface area contributed by atoms with Gasteiger partial charge in [0.2, 0.25) is 0 Å². The first-order valence-corrected chi connectivity index (χ1v) is 9.61. The molecule has 0 aliphatic rings. The number of aromatic nitrogens is 3. The molecule has 0 bridgehead atoms. The highest BCUT2D eigenvalue weighted by atomic mass is 16.5. The maximum atomic E-state index is 12.7. The normalized spacial score (nSPS) is 12.0. The summed E-state index contributed by atoms with van der Waals surface area (Å²) in [5, 5.41) is 11.2. The van der Waals surface area contributed by atoms with Gasteiger partial charge in [-0.1, -0.05) is 11.3 Å². The first kappa shape index (κ1) is 19.7. The number of ether oxygens (including phenoxy) is 2. The lowest BCUT2D eigenvalue weighted by molar-refractivity contribution is 0.0940. The SMILES string of the molecule is CCOc1ccc(C(C)NC(=O)c2ccc3c(c2)nnn3CC)cc1OCC. The molecule has 0 aliphatic heterocycles. The van der Waals surface area contributed by atoms with Gasteiger partial charge >= 0.3 is 0 Å². The first-order valence-electron chi connectivity index (χ1n) is 9.61. The third-order valence-electron chi connectivity index (χ3n) is 4.49. The fourth-order valence-electron chi connectivity index (χ4n) is 3.05. The molecule has 148 valence electrons. The van der Waals surface area contributed by atoms with Gasteiger partial charge in [-0.15, -0.1) is 5.10 Å². The zero-order valence-electron chi connectivity index (χ0n) is 16.7. The van der Waals surface area contributed by atoms with E-state index in [1.807, 2.05) is 52.0 Å². The fraction of sp³-hybridized carbons (Fsp3) is 0.381. The molecule has 1 unspecified atom stereocenters. The van der Waals surface area contributed by atoms with Crippen LogP contribution < -0.4 is 14.8 Å². The molecule has 0 fully saturated rings. The molecule has 0 spiro atoms. The van der Waals surface area contributed by atoms with Crippen LogP contribution in [0.4, 0.5) is 0 Å². The van der Waals surface area contributed by atoms with Gasteiger partial charge in [-0.25, -0.2) is 4.68 Å². The zero-order valence-corrected chi connectivity index (χ0v) is 16.7. The molecule has 3 aromatic rings. The van der Waals surface area contributed by atoms with Crippen molar-refractivity contribution in [2.75, 3.05) is 13.2 Å². The van der Waals surface area contributed by atoms with Crippen LogP contribution in [-0.4, -0.2) is 34.1 Å². The van der Waals surface area contributed by atoms with E-state index >= 15 is 0 Å². The van der Waals surface area contributed by atoms with E-state index in [4.69, 9.17) is 9.47 Å². The second-order valence-corrected chi connectivity index (χ2v) is 6.38. The van der Waals surface area contributed by atoms with Gasteiger partial charge in [0.05, 0.1) is 24.8 Å². The molecule has 1 heterocycles. The van der Waals surface area contributed by atoms with Gasteiger partial charge in [0.15, 0.2) is 11.5 Å². The summed E-state index contributed by atoms with van der Waals surface area (Å²) in [5.41, 5.74) is 3.12. The monoisotopic (exact) mass is 382 g/mol. The number of hydrogen-bond acceptors (Lipinski definition) is 5. The molecule has 7 nitrogen and oxygen atoms in total. The molecule has 28 heavy (non-hydrogen) atoms. The third-order valence-corrected chi connectivity index (χ3v) is 4.49. The van der Waals surface area contributed by atoms with Crippen molar-refractivity contribution in [1.82, 2.24) is 20.3 Å². The van der Waals surface area contributed by atoms with Crippen LogP contribution in [0, 0.1) is 0 Å². The van der Waals surface area contributed by atoms with Crippen LogP contribution in [0.5, 0.6) is 11.5 Å². The lowest BCUT2D eigenvalue weighted by atomic mass is 10.1. The molecule has 1 N–H and O–H groups in total. The van der Waals surface area contributed by atoms with Crippen molar-refractivity contribution < 1.29 is 14.3 Å². The Morgan fingerprint density at radius 3 is 2.54 bits per heavy atom. The smallest absolute Gasteiger partial charge is 0.251 e. The summed E-state index contributed by atoms with van der Waals surface area (Å²) in [6.45, 7) is 9.65. The Morgan fingerprint density at radius 2 is 1.82 bits per heavy atom. The molecular weight excluding hydrogens is 356 g/mol. The van der Waals surface area contributed by atoms with Gasteiger partial charge in [0, 0.05) is 12.1 Å². The van der Waals surface area contributed by atoms with Crippen molar-refractivity contribution in [3.05, 3.63) is 47.5 Å². The Labute approximate surface area is 164 Å². The Bertz CT molecular complexity index is 967. The topological polar surface area (TPSA) is 78.3 Å². The number of benzene rings is 2. The molecule has 1 amide bonds. The fourth-order valence-corrected chi connectivity index (χ4v) is 3.05. The number of carbonyl (C=O) groups is 1. The number of amides is 1. The van der Waals surface area contributed by atoms with Gasteiger partial charge in [-0.2, -0.15) is 0 Å². The number of fused-ring (bicyclic) bond motifs is 1. The molecule has 1 aromatic heterocycles. The van der Waals surface area contributed by atoms with E-state index in [-0.39, 0.29) is 11.9 Å². The highest BCUT2D eigenvalue weighted by molar-refractivity contribution is 5.97. The van der Waals surface area contributed by atoms with E-state index in [0.29, 0.717) is 35.8 Å². The standard InChI is InChI=1S/C21H26N4O3/c1-5-25-18-10-8-16(12-17(18)23-24-25)21(26)22-14(4)15-9-11-19(27-6-2)20(13-15)28-7-3/h8-14H,5-7H2,1-4H3,(H,22,26). The average molecular weight is 382 g/mol. The first-order chi connectivity index (χ1) is 13.6. The number of rotatable bonds is 8. The maximum absolute atomic E-state index is 12.7. The van der Waals surface area contributed by atoms with Crippen LogP contribution in [0.25, 0.3) is 11.0 Å². The lowest BCUT2D eigenvalue weighted by Crippen LogP contribution is -2.26. The van der Waals surface area contributed by atoms with Crippen molar-refractivity contribution in [2.45, 2.75) is 40.3 Å². The van der Waals surface area contributed by atoms with E-state index in [9.17, 15) is 4.79 Å². The average Bonchev–Trinajstić information content (AvgIpc) is 3.11. The van der Waals surface area contributed by atoms with E-state index in [1.165, 1.54) is 0 Å². The van der Waals surface area contributed by atoms with E-state index < -0.39 is 0 Å². The molecule has 0 saturated carbocycles. The number of aryl methyl sites for hydroxylation is 1. The van der Waals surface area contributed by atoms with Crippen molar-refractivity contribution in [1.29, 1.82) is 0 Å². The predicted molar refractivity (Wildman–Crippen MR) is 108 cm³/mol. The summed E-state index contributed by atoms with van der Waals surface area (Å²) in [4.78, 5) is 12.7. The number of carbonyl (C=O) groups excluding carboxylic acids is 1. The second kappa shape index (κ2) is 8.73. The Balaban J connectivity index is 1.77. The minimum absolute atomic E-state index is 0.160. The summed E-state index contributed by atoms with van der Waals surface area (Å²) in [6.07, 6.45) is 0. The van der Waals surface area contributed by atoms with Gasteiger partial charge in [0.25, 0.3) is 5.91 Å². The Kier molecular flexibility index (Phi) is 6.13. The van der Waals surface area contributed by atoms with E-state index in [2.05, 4.69) is 15.6 Å². The molecule has 0 radical (unpaired) electrons. The molecule has 0 aliphatic carbocycles. The molecule has 0 saturated heterocycles. The van der Waals surface area contributed by atoms with Crippen molar-refractivity contribution >= 4 is 16.9 Å². The van der Waals surface area contributed by atoms with Crippen molar-refractivity contribution in [3.8, 4) is 11.5 Å². The molecule has 7 heteroatoms. The quantitative estimate of drug-likeness (QED) is 0.642. The van der Waals surface area contributed by atoms with Crippen LogP contribution in [0.1, 0.15) is 49.7 Å². The summed E-state index contributed by atoms with van der Waals surface area (Å²) < 4.78 is 13.1. The minimum Gasteiger partial charge on any atom is -0.490 e. The van der Waals surface area contributed by atoms with E-state index in [0.717, 1.165) is 17.6 Å². The minimum atomic E-state index is -0.190. The summed E-state index contributed by atoms with van der Waals surface area (Å²) in [5.74, 6) is 1.23. The van der Waals surface area contributed by atoms with Gasteiger partial charge in [-0.05, 0) is 63.6 Å². The predicted octanol–water partition coefficient (Wildman–Crippen LogP) is 3.74. The van der Waals surface area contributed by atoms with Crippen molar-refractivity contribution in [2.24, 2.45) is 0 Å². The van der Waals surface area contributed by atoms with Crippen LogP contribution >= 0.6 is 0 Å². The second-order valence-electron chi connectivity index (χ2n) is 6.38. The molecule has 1 atom stereocenters. The largest absolute Gasteiger partial charge is 0.490 e. The molecular formula is C21H26N4O3. The Morgan fingerprint density at radius 1 is 1.07 bits per heavy atom. The molecule has 3 rings (SSSR count). The van der Waals surface area contributed by atoms with E-state index in [1.54, 1.807) is 16.8 Å². The number of nitrogens with one attached hydrogen (secondary N) is 1.